The van der Waals surface area contributed by atoms with Crippen LogP contribution < -0.4 is 0 Å². The summed E-state index contributed by atoms with van der Waals surface area (Å²) in [6.45, 7) is 12.1. The van der Waals surface area contributed by atoms with Crippen molar-refractivity contribution in [2.75, 3.05) is 13.1 Å². The van der Waals surface area contributed by atoms with E-state index >= 15 is 0 Å². The predicted octanol–water partition coefficient (Wildman–Crippen LogP) is 3.15. The first-order valence-electron chi connectivity index (χ1n) is 5.83. The van der Waals surface area contributed by atoms with E-state index in [9.17, 15) is 0 Å². The molecule has 2 unspecified atom stereocenters. The highest BCUT2D eigenvalue weighted by Gasteiger charge is 2.18. The third-order valence-corrected chi connectivity index (χ3v) is 3.22. The van der Waals surface area contributed by atoms with Gasteiger partial charge in [-0.25, -0.2) is 0 Å². The van der Waals surface area contributed by atoms with Crippen molar-refractivity contribution in [1.29, 1.82) is 0 Å². The molecule has 0 N–H and O–H groups in total. The Bertz CT molecular complexity index is 142. The maximum Gasteiger partial charge on any atom is 0.00387 e. The molecule has 0 aromatic carbocycles. The fourth-order valence-corrected chi connectivity index (χ4v) is 2.48. The van der Waals surface area contributed by atoms with E-state index in [4.69, 9.17) is 0 Å². The van der Waals surface area contributed by atoms with Gasteiger partial charge in [-0.05, 0) is 51.5 Å². The molecule has 1 aliphatic heterocycles. The van der Waals surface area contributed by atoms with Crippen LogP contribution in [0.3, 0.4) is 0 Å². The van der Waals surface area contributed by atoms with E-state index in [2.05, 4.69) is 32.6 Å². The molecular weight excluding hydrogens is 158 g/mol. The number of rotatable bonds is 1. The van der Waals surface area contributed by atoms with Crippen LogP contribution in [0.5, 0.6) is 0 Å². The van der Waals surface area contributed by atoms with Gasteiger partial charge in [-0.1, -0.05) is 13.8 Å². The Morgan fingerprint density at radius 3 is 2.46 bits per heavy atom. The molecule has 0 saturated carbocycles. The van der Waals surface area contributed by atoms with Gasteiger partial charge in [-0.15, -0.1) is 0 Å². The van der Waals surface area contributed by atoms with Crippen molar-refractivity contribution >= 4 is 0 Å². The third-order valence-electron chi connectivity index (χ3n) is 3.22. The molecule has 1 fully saturated rings. The monoisotopic (exact) mass is 183 g/mol. The summed E-state index contributed by atoms with van der Waals surface area (Å²) in [6.07, 6.45) is 4.24. The van der Waals surface area contributed by atoms with E-state index in [-0.39, 0.29) is 0 Å². The van der Waals surface area contributed by atoms with Crippen molar-refractivity contribution in [2.24, 2.45) is 11.8 Å². The lowest BCUT2D eigenvalue weighted by Crippen LogP contribution is -2.37. The van der Waals surface area contributed by atoms with Crippen molar-refractivity contribution in [1.82, 2.24) is 4.90 Å². The summed E-state index contributed by atoms with van der Waals surface area (Å²) in [7, 11) is 0. The zero-order valence-corrected chi connectivity index (χ0v) is 9.71. The minimum absolute atomic E-state index is 0.732. The van der Waals surface area contributed by atoms with Gasteiger partial charge in [-0.3, -0.25) is 0 Å². The number of hydrogen-bond donors (Lipinski definition) is 0. The van der Waals surface area contributed by atoms with E-state index in [1.54, 1.807) is 0 Å². The third kappa shape index (κ3) is 3.68. The lowest BCUT2D eigenvalue weighted by Gasteiger charge is -2.33. The molecule has 1 heteroatoms. The van der Waals surface area contributed by atoms with Gasteiger partial charge in [0.05, 0.1) is 0 Å². The molecule has 0 amide bonds. The van der Waals surface area contributed by atoms with E-state index < -0.39 is 0 Å². The first-order valence-corrected chi connectivity index (χ1v) is 5.83. The number of likely N-dealkylation sites (tertiary alicyclic amines) is 1. The Labute approximate surface area is 83.5 Å². The molecule has 13 heavy (non-hydrogen) atoms. The minimum Gasteiger partial charge on any atom is -0.301 e. The molecule has 1 nitrogen and oxygen atoms in total. The van der Waals surface area contributed by atoms with Crippen molar-refractivity contribution < 1.29 is 0 Å². The van der Waals surface area contributed by atoms with Crippen LogP contribution >= 0.6 is 0 Å². The van der Waals surface area contributed by atoms with E-state index in [0.717, 1.165) is 17.9 Å². The van der Waals surface area contributed by atoms with Gasteiger partial charge in [0.2, 0.25) is 0 Å². The Morgan fingerprint density at radius 1 is 1.15 bits per heavy atom. The standard InChI is InChI=1S/C12H25N/c1-10(2)13-7-5-6-11(3)8-12(4)9-13/h10-12H,5-9H2,1-4H3. The highest BCUT2D eigenvalue weighted by atomic mass is 15.1. The fourth-order valence-electron chi connectivity index (χ4n) is 2.48. The van der Waals surface area contributed by atoms with Crippen LogP contribution in [0.2, 0.25) is 0 Å². The normalized spacial score (nSPS) is 33.0. The topological polar surface area (TPSA) is 3.24 Å². The van der Waals surface area contributed by atoms with Gasteiger partial charge < -0.3 is 4.90 Å². The molecule has 1 aliphatic rings. The lowest BCUT2D eigenvalue weighted by atomic mass is 9.91. The summed E-state index contributed by atoms with van der Waals surface area (Å²) in [5, 5.41) is 0. The highest BCUT2D eigenvalue weighted by Crippen LogP contribution is 2.22. The average molecular weight is 183 g/mol. The molecule has 1 rings (SSSR count). The molecule has 2 atom stereocenters. The lowest BCUT2D eigenvalue weighted by molar-refractivity contribution is 0.155. The molecule has 0 aromatic rings. The second-order valence-corrected chi connectivity index (χ2v) is 5.18. The average Bonchev–Trinajstić information content (AvgIpc) is 1.98. The van der Waals surface area contributed by atoms with Gasteiger partial charge >= 0.3 is 0 Å². The smallest absolute Gasteiger partial charge is 0.00387 e. The first kappa shape index (κ1) is 11.0. The fraction of sp³-hybridized carbons (Fsp3) is 1.00. The maximum absolute atomic E-state index is 2.64. The molecule has 0 spiro atoms. The van der Waals surface area contributed by atoms with Crippen LogP contribution in [0, 0.1) is 11.8 Å². The van der Waals surface area contributed by atoms with E-state index in [1.165, 1.54) is 32.4 Å². The molecule has 78 valence electrons. The Hall–Kier alpha value is -0.0400. The summed E-state index contributed by atoms with van der Waals surface area (Å²) in [5.41, 5.74) is 0. The minimum atomic E-state index is 0.732. The maximum atomic E-state index is 2.64. The summed E-state index contributed by atoms with van der Waals surface area (Å²) < 4.78 is 0. The zero-order chi connectivity index (χ0) is 9.84. The van der Waals surface area contributed by atoms with Crippen molar-refractivity contribution in [3.05, 3.63) is 0 Å². The molecule has 1 heterocycles. The van der Waals surface area contributed by atoms with Crippen LogP contribution in [0.1, 0.15) is 47.0 Å². The summed E-state index contributed by atoms with van der Waals surface area (Å²) in [6, 6.07) is 0.732. The second kappa shape index (κ2) is 4.99. The van der Waals surface area contributed by atoms with Crippen LogP contribution in [0.4, 0.5) is 0 Å². The number of nitrogens with zero attached hydrogens (tertiary/aromatic N) is 1. The SMILES string of the molecule is CC1CCCN(C(C)C)CC(C)C1. The summed E-state index contributed by atoms with van der Waals surface area (Å²) in [4.78, 5) is 2.64. The molecule has 1 saturated heterocycles. The molecule has 0 bridgehead atoms. The van der Waals surface area contributed by atoms with E-state index in [1.807, 2.05) is 0 Å². The van der Waals surface area contributed by atoms with Crippen molar-refractivity contribution in [3.63, 3.8) is 0 Å². The Morgan fingerprint density at radius 2 is 1.85 bits per heavy atom. The quantitative estimate of drug-likeness (QED) is 0.603. The molecule has 0 radical (unpaired) electrons. The molecule has 0 aliphatic carbocycles. The second-order valence-electron chi connectivity index (χ2n) is 5.18. The first-order chi connectivity index (χ1) is 6.09. The van der Waals surface area contributed by atoms with Gasteiger partial charge in [-0.2, -0.15) is 0 Å². The van der Waals surface area contributed by atoms with Crippen molar-refractivity contribution in [3.8, 4) is 0 Å². The van der Waals surface area contributed by atoms with Gasteiger partial charge in [0, 0.05) is 12.6 Å². The molecular formula is C12H25N. The Balaban J connectivity index is 2.44. The largest absolute Gasteiger partial charge is 0.301 e. The zero-order valence-electron chi connectivity index (χ0n) is 9.71. The van der Waals surface area contributed by atoms with Crippen molar-refractivity contribution in [2.45, 2.75) is 53.0 Å². The van der Waals surface area contributed by atoms with Gasteiger partial charge in [0.15, 0.2) is 0 Å². The highest BCUT2D eigenvalue weighted by molar-refractivity contribution is 4.72. The summed E-state index contributed by atoms with van der Waals surface area (Å²) >= 11 is 0. The predicted molar refractivity (Wildman–Crippen MR) is 58.9 cm³/mol. The van der Waals surface area contributed by atoms with Crippen LogP contribution in [0.15, 0.2) is 0 Å². The van der Waals surface area contributed by atoms with Crippen LogP contribution in [0.25, 0.3) is 0 Å². The van der Waals surface area contributed by atoms with Gasteiger partial charge in [0.1, 0.15) is 0 Å². The van der Waals surface area contributed by atoms with Crippen LogP contribution in [-0.4, -0.2) is 24.0 Å². The Kier molecular flexibility index (Phi) is 4.24. The van der Waals surface area contributed by atoms with Crippen LogP contribution in [-0.2, 0) is 0 Å². The van der Waals surface area contributed by atoms with Gasteiger partial charge in [0.25, 0.3) is 0 Å². The van der Waals surface area contributed by atoms with E-state index in [0.29, 0.717) is 0 Å². The summed E-state index contributed by atoms with van der Waals surface area (Å²) in [5.74, 6) is 1.84. The number of hydrogen-bond acceptors (Lipinski definition) is 1. The molecule has 0 aromatic heterocycles.